The van der Waals surface area contributed by atoms with Gasteiger partial charge < -0.3 is 18.9 Å². The fourth-order valence-electron chi connectivity index (χ4n) is 4.75. The number of hydrogen-bond acceptors (Lipinski definition) is 7. The van der Waals surface area contributed by atoms with Gasteiger partial charge in [0.15, 0.2) is 0 Å². The maximum absolute atomic E-state index is 13.7. The minimum Gasteiger partial charge on any atom is -0.495 e. The number of nitrogens with zero attached hydrogens (tertiary/aromatic N) is 5. The molecule has 196 valence electrons. The standard InChI is InChI=1S/C28H28FN5O4/c1-4-38-26(35)16-32-12-11-23(20-6-8-21(29)9-7-20)34-27(36)22(31-28(32)34)13-19-5-10-24(25(14-19)37-3)33-15-18(2)30-17-33/h5-10,13-15,17,23H,4,11-12,16H2,1-3H3/t23-/m1/s1. The maximum atomic E-state index is 13.7. The molecule has 2 aliphatic rings. The van der Waals surface area contributed by atoms with Gasteiger partial charge in [-0.25, -0.2) is 14.4 Å². The first-order valence-corrected chi connectivity index (χ1v) is 12.4. The molecule has 1 saturated heterocycles. The average Bonchev–Trinajstić information content (AvgIpc) is 3.48. The van der Waals surface area contributed by atoms with Crippen LogP contribution in [-0.2, 0) is 14.3 Å². The first kappa shape index (κ1) is 25.2. The number of carbonyl (C=O) groups excluding carboxylic acids is 2. The van der Waals surface area contributed by atoms with E-state index in [1.807, 2.05) is 35.9 Å². The summed E-state index contributed by atoms with van der Waals surface area (Å²) in [4.78, 5) is 38.2. The molecule has 1 aromatic heterocycles. The molecule has 5 rings (SSSR count). The van der Waals surface area contributed by atoms with E-state index in [9.17, 15) is 14.0 Å². The summed E-state index contributed by atoms with van der Waals surface area (Å²) in [5.74, 6) is -0.0430. The van der Waals surface area contributed by atoms with Gasteiger partial charge in [0.25, 0.3) is 5.91 Å². The second kappa shape index (κ2) is 10.5. The Kier molecular flexibility index (Phi) is 6.95. The van der Waals surface area contributed by atoms with E-state index in [1.165, 1.54) is 12.1 Å². The van der Waals surface area contributed by atoms with Gasteiger partial charge in [0.1, 0.15) is 23.8 Å². The van der Waals surface area contributed by atoms with Crippen LogP contribution in [0.25, 0.3) is 11.8 Å². The molecule has 3 heterocycles. The van der Waals surface area contributed by atoms with E-state index in [-0.39, 0.29) is 36.6 Å². The third-order valence-corrected chi connectivity index (χ3v) is 6.52. The highest BCUT2D eigenvalue weighted by atomic mass is 19.1. The second-order valence-electron chi connectivity index (χ2n) is 9.05. The highest BCUT2D eigenvalue weighted by molar-refractivity contribution is 6.14. The van der Waals surface area contributed by atoms with Crippen LogP contribution in [0.4, 0.5) is 4.39 Å². The van der Waals surface area contributed by atoms with Gasteiger partial charge in [0.2, 0.25) is 5.96 Å². The average molecular weight is 518 g/mol. The number of carbonyl (C=O) groups is 2. The molecule has 0 bridgehead atoms. The zero-order valence-electron chi connectivity index (χ0n) is 21.4. The van der Waals surface area contributed by atoms with Crippen molar-refractivity contribution in [2.75, 3.05) is 26.8 Å². The molecule has 0 spiro atoms. The van der Waals surface area contributed by atoms with Crippen molar-refractivity contribution >= 4 is 23.9 Å². The highest BCUT2D eigenvalue weighted by Gasteiger charge is 2.43. The largest absolute Gasteiger partial charge is 0.495 e. The molecule has 9 nitrogen and oxygen atoms in total. The van der Waals surface area contributed by atoms with Gasteiger partial charge in [0.05, 0.1) is 37.5 Å². The Morgan fingerprint density at radius 2 is 2.00 bits per heavy atom. The van der Waals surface area contributed by atoms with E-state index in [2.05, 4.69) is 9.98 Å². The Hall–Kier alpha value is -4.47. The molecule has 38 heavy (non-hydrogen) atoms. The lowest BCUT2D eigenvalue weighted by Crippen LogP contribution is -2.52. The number of esters is 1. The minimum atomic E-state index is -0.393. The van der Waals surface area contributed by atoms with E-state index >= 15 is 0 Å². The number of ether oxygens (including phenoxy) is 2. The van der Waals surface area contributed by atoms with Gasteiger partial charge in [-0.15, -0.1) is 0 Å². The lowest BCUT2D eigenvalue weighted by atomic mass is 9.99. The number of halogens is 1. The normalized spacial score (nSPS) is 18.0. The third-order valence-electron chi connectivity index (χ3n) is 6.52. The number of rotatable bonds is 7. The van der Waals surface area contributed by atoms with Crippen LogP contribution in [0.15, 0.2) is 65.7 Å². The van der Waals surface area contributed by atoms with Gasteiger partial charge in [-0.05, 0) is 61.7 Å². The van der Waals surface area contributed by atoms with Crippen LogP contribution in [0.3, 0.4) is 0 Å². The van der Waals surface area contributed by atoms with Crippen molar-refractivity contribution in [3.8, 4) is 11.4 Å². The molecule has 10 heteroatoms. The van der Waals surface area contributed by atoms with Crippen molar-refractivity contribution in [1.29, 1.82) is 0 Å². The summed E-state index contributed by atoms with van der Waals surface area (Å²) >= 11 is 0. The summed E-state index contributed by atoms with van der Waals surface area (Å²) in [5.41, 5.74) is 3.45. The number of aromatic nitrogens is 2. The third kappa shape index (κ3) is 4.89. The minimum absolute atomic E-state index is 0.0211. The Bertz CT molecular complexity index is 1430. The molecular formula is C28H28FN5O4. The first-order valence-electron chi connectivity index (χ1n) is 12.4. The molecule has 0 saturated carbocycles. The lowest BCUT2D eigenvalue weighted by molar-refractivity contribution is -0.144. The zero-order chi connectivity index (χ0) is 26.8. The van der Waals surface area contributed by atoms with Gasteiger partial charge in [-0.1, -0.05) is 18.2 Å². The summed E-state index contributed by atoms with van der Waals surface area (Å²) in [6.45, 7) is 4.39. The van der Waals surface area contributed by atoms with Crippen LogP contribution < -0.4 is 4.74 Å². The van der Waals surface area contributed by atoms with Crippen LogP contribution in [0.2, 0.25) is 0 Å². The number of guanidine groups is 1. The number of hydrogen-bond donors (Lipinski definition) is 0. The molecular weight excluding hydrogens is 489 g/mol. The van der Waals surface area contributed by atoms with Gasteiger partial charge >= 0.3 is 5.97 Å². The Labute approximate surface area is 219 Å². The summed E-state index contributed by atoms with van der Waals surface area (Å²) in [6, 6.07) is 11.4. The van der Waals surface area contributed by atoms with Gasteiger partial charge in [-0.3, -0.25) is 14.5 Å². The summed E-state index contributed by atoms with van der Waals surface area (Å²) in [7, 11) is 1.58. The molecule has 2 aliphatic heterocycles. The van der Waals surface area contributed by atoms with Gasteiger partial charge in [-0.2, -0.15) is 0 Å². The summed E-state index contributed by atoms with van der Waals surface area (Å²) < 4.78 is 26.2. The highest BCUT2D eigenvalue weighted by Crippen LogP contribution is 2.36. The molecule has 0 aliphatic carbocycles. The molecule has 0 unspecified atom stereocenters. The van der Waals surface area contributed by atoms with Crippen molar-refractivity contribution < 1.29 is 23.5 Å². The van der Waals surface area contributed by atoms with E-state index in [4.69, 9.17) is 9.47 Å². The van der Waals surface area contributed by atoms with Crippen molar-refractivity contribution in [3.05, 3.63) is 83.3 Å². The van der Waals surface area contributed by atoms with E-state index in [1.54, 1.807) is 48.4 Å². The number of fused-ring (bicyclic) bond motifs is 1. The number of imidazole rings is 1. The predicted octanol–water partition coefficient (Wildman–Crippen LogP) is 3.88. The van der Waals surface area contributed by atoms with Crippen LogP contribution >= 0.6 is 0 Å². The summed E-state index contributed by atoms with van der Waals surface area (Å²) in [6.07, 6.45) is 5.86. The molecule has 1 amide bonds. The maximum Gasteiger partial charge on any atom is 0.325 e. The second-order valence-corrected chi connectivity index (χ2v) is 9.05. The SMILES string of the molecule is CCOC(=O)CN1CC[C@H](c2ccc(F)cc2)N2C(=O)C(=Cc3ccc(-n4cnc(C)c4)c(OC)c3)N=C12. The van der Waals surface area contributed by atoms with Crippen molar-refractivity contribution in [3.63, 3.8) is 0 Å². The zero-order valence-corrected chi connectivity index (χ0v) is 21.4. The van der Waals surface area contributed by atoms with Crippen LogP contribution in [0.1, 0.15) is 36.2 Å². The first-order chi connectivity index (χ1) is 18.4. The smallest absolute Gasteiger partial charge is 0.325 e. The molecule has 2 aromatic carbocycles. The quantitative estimate of drug-likeness (QED) is 0.349. The lowest BCUT2D eigenvalue weighted by Gasteiger charge is -2.39. The topological polar surface area (TPSA) is 89.3 Å². The van der Waals surface area contributed by atoms with Crippen molar-refractivity contribution in [1.82, 2.24) is 19.4 Å². The van der Waals surface area contributed by atoms with Crippen LogP contribution in [0.5, 0.6) is 5.75 Å². The van der Waals surface area contributed by atoms with Gasteiger partial charge in [0, 0.05) is 12.7 Å². The fourth-order valence-corrected chi connectivity index (χ4v) is 4.75. The number of aryl methyl sites for hydroxylation is 1. The van der Waals surface area contributed by atoms with Crippen LogP contribution in [-0.4, -0.2) is 64.0 Å². The Morgan fingerprint density at radius 3 is 2.68 bits per heavy atom. The Balaban J connectivity index is 1.50. The molecule has 0 N–H and O–H groups in total. The molecule has 1 fully saturated rings. The molecule has 3 aromatic rings. The molecule has 1 atom stereocenters. The monoisotopic (exact) mass is 517 g/mol. The number of aliphatic imine (C=N–C) groups is 1. The summed E-state index contributed by atoms with van der Waals surface area (Å²) in [5, 5.41) is 0. The number of benzene rings is 2. The van der Waals surface area contributed by atoms with Crippen molar-refractivity contribution in [2.45, 2.75) is 26.3 Å². The number of methoxy groups -OCH3 is 1. The van der Waals surface area contributed by atoms with Crippen LogP contribution in [0, 0.1) is 12.7 Å². The van der Waals surface area contributed by atoms with E-state index in [0.29, 0.717) is 24.7 Å². The predicted molar refractivity (Wildman–Crippen MR) is 139 cm³/mol. The van der Waals surface area contributed by atoms with E-state index < -0.39 is 5.97 Å². The number of amides is 1. The van der Waals surface area contributed by atoms with Crippen molar-refractivity contribution in [2.24, 2.45) is 4.99 Å². The fraction of sp³-hybridized carbons (Fsp3) is 0.286. The molecule has 0 radical (unpaired) electrons. The Morgan fingerprint density at radius 1 is 1.21 bits per heavy atom. The van der Waals surface area contributed by atoms with E-state index in [0.717, 1.165) is 22.5 Å².